The lowest BCUT2D eigenvalue weighted by atomic mass is 9.94. The van der Waals surface area contributed by atoms with Gasteiger partial charge in [0.1, 0.15) is 10.9 Å². The number of rotatable bonds is 9. The van der Waals surface area contributed by atoms with E-state index < -0.39 is 0 Å². The van der Waals surface area contributed by atoms with Gasteiger partial charge in [-0.05, 0) is 54.8 Å². The highest BCUT2D eigenvalue weighted by Gasteiger charge is 2.20. The zero-order valence-electron chi connectivity index (χ0n) is 17.9. The van der Waals surface area contributed by atoms with E-state index in [1.165, 1.54) is 0 Å². The fraction of sp³-hybridized carbons (Fsp3) is 0.360. The smallest absolute Gasteiger partial charge is 0.255 e. The van der Waals surface area contributed by atoms with E-state index >= 15 is 0 Å². The molecule has 1 N–H and O–H groups in total. The number of nitrogens with one attached hydrogen (secondary N) is 1. The lowest BCUT2D eigenvalue weighted by Gasteiger charge is -2.20. The third-order valence-corrected chi connectivity index (χ3v) is 5.49. The number of nitrogens with zero attached hydrogens (tertiary/aromatic N) is 1. The fourth-order valence-corrected chi connectivity index (χ4v) is 3.87. The van der Waals surface area contributed by atoms with Gasteiger partial charge in [-0.1, -0.05) is 62.2 Å². The zero-order chi connectivity index (χ0) is 21.5. The van der Waals surface area contributed by atoms with Crippen molar-refractivity contribution in [2.45, 2.75) is 52.5 Å². The molecule has 0 fully saturated rings. The van der Waals surface area contributed by atoms with E-state index in [9.17, 15) is 4.79 Å². The first-order valence-electron chi connectivity index (χ1n) is 10.7. The predicted octanol–water partition coefficient (Wildman–Crippen LogP) is 6.19. The van der Waals surface area contributed by atoms with E-state index in [-0.39, 0.29) is 11.9 Å². The molecule has 1 aromatic heterocycles. The van der Waals surface area contributed by atoms with Gasteiger partial charge < -0.3 is 10.1 Å². The summed E-state index contributed by atoms with van der Waals surface area (Å²) in [4.78, 5) is 17.4. The molecule has 30 heavy (non-hydrogen) atoms. The Morgan fingerprint density at radius 2 is 1.90 bits per heavy atom. The monoisotopic (exact) mass is 424 g/mol. The quantitative estimate of drug-likeness (QED) is 0.417. The molecule has 0 aliphatic rings. The van der Waals surface area contributed by atoms with Crippen LogP contribution in [0.1, 0.15) is 61.5 Å². The Balaban J connectivity index is 2.08. The summed E-state index contributed by atoms with van der Waals surface area (Å²) >= 11 is 5.94. The molecule has 1 unspecified atom stereocenters. The molecule has 5 heteroatoms. The average molecular weight is 425 g/mol. The van der Waals surface area contributed by atoms with Gasteiger partial charge in [-0.25, -0.2) is 4.98 Å². The standard InChI is InChI=1S/C25H29ClN2O2/c1-4-9-19(5-2)28-25(29)22-15-18(14-17-12-13-23(26)27-16-17)20-10-7-8-11-21(20)24(22)30-6-3/h7-8,10-13,15-16,19H,4-6,9,14H2,1-3H3,(H,28,29). The van der Waals surface area contributed by atoms with Crippen LogP contribution in [0.5, 0.6) is 5.75 Å². The maximum atomic E-state index is 13.3. The number of amides is 1. The van der Waals surface area contributed by atoms with Gasteiger partial charge >= 0.3 is 0 Å². The SMILES string of the molecule is CCCC(CC)NC(=O)c1cc(Cc2ccc(Cl)nc2)c2ccccc2c1OCC. The maximum Gasteiger partial charge on any atom is 0.255 e. The number of pyridine rings is 1. The number of hydrogen-bond donors (Lipinski definition) is 1. The average Bonchev–Trinajstić information content (AvgIpc) is 2.76. The van der Waals surface area contributed by atoms with Crippen molar-refractivity contribution in [1.82, 2.24) is 10.3 Å². The summed E-state index contributed by atoms with van der Waals surface area (Å²) in [7, 11) is 0. The van der Waals surface area contributed by atoms with Crippen LogP contribution in [0.2, 0.25) is 5.15 Å². The van der Waals surface area contributed by atoms with Crippen molar-refractivity contribution in [3.63, 3.8) is 0 Å². The summed E-state index contributed by atoms with van der Waals surface area (Å²) in [6, 6.07) is 14.0. The molecule has 1 heterocycles. The summed E-state index contributed by atoms with van der Waals surface area (Å²) in [5.74, 6) is 0.565. The van der Waals surface area contributed by atoms with Crippen LogP contribution in [0, 0.1) is 0 Å². The predicted molar refractivity (Wildman–Crippen MR) is 124 cm³/mol. The van der Waals surface area contributed by atoms with Gasteiger partial charge in [-0.2, -0.15) is 0 Å². The largest absolute Gasteiger partial charge is 0.492 e. The Labute approximate surface area is 183 Å². The summed E-state index contributed by atoms with van der Waals surface area (Å²) in [6.07, 6.45) is 5.33. The van der Waals surface area contributed by atoms with Crippen molar-refractivity contribution in [2.24, 2.45) is 0 Å². The highest BCUT2D eigenvalue weighted by atomic mass is 35.5. The van der Waals surface area contributed by atoms with Crippen molar-refractivity contribution >= 4 is 28.3 Å². The number of halogens is 1. The molecule has 0 aliphatic heterocycles. The number of carbonyl (C=O) groups is 1. The van der Waals surface area contributed by atoms with Crippen LogP contribution in [0.25, 0.3) is 10.8 Å². The summed E-state index contributed by atoms with van der Waals surface area (Å²) in [6.45, 7) is 6.67. The Morgan fingerprint density at radius 3 is 2.53 bits per heavy atom. The second-order valence-electron chi connectivity index (χ2n) is 7.42. The molecule has 2 aromatic carbocycles. The number of ether oxygens (including phenoxy) is 1. The maximum absolute atomic E-state index is 13.3. The number of aromatic nitrogens is 1. The topological polar surface area (TPSA) is 51.2 Å². The molecule has 0 aliphatic carbocycles. The molecule has 3 aromatic rings. The van der Waals surface area contributed by atoms with Crippen LogP contribution in [0.4, 0.5) is 0 Å². The van der Waals surface area contributed by atoms with Gasteiger partial charge in [-0.15, -0.1) is 0 Å². The Kier molecular flexibility index (Phi) is 7.69. The van der Waals surface area contributed by atoms with Gasteiger partial charge in [0.25, 0.3) is 5.91 Å². The molecule has 1 amide bonds. The van der Waals surface area contributed by atoms with Crippen molar-refractivity contribution in [3.05, 3.63) is 70.5 Å². The molecule has 4 nitrogen and oxygen atoms in total. The molecular weight excluding hydrogens is 396 g/mol. The van der Waals surface area contributed by atoms with Crippen molar-refractivity contribution < 1.29 is 9.53 Å². The number of fused-ring (bicyclic) bond motifs is 1. The van der Waals surface area contributed by atoms with Crippen molar-refractivity contribution in [2.75, 3.05) is 6.61 Å². The van der Waals surface area contributed by atoms with E-state index in [1.54, 1.807) is 12.3 Å². The summed E-state index contributed by atoms with van der Waals surface area (Å²) < 4.78 is 5.98. The normalized spacial score (nSPS) is 12.0. The lowest BCUT2D eigenvalue weighted by Crippen LogP contribution is -2.34. The van der Waals surface area contributed by atoms with Crippen molar-refractivity contribution in [1.29, 1.82) is 0 Å². The molecule has 158 valence electrons. The number of carbonyl (C=O) groups excluding carboxylic acids is 1. The second-order valence-corrected chi connectivity index (χ2v) is 7.81. The van der Waals surface area contributed by atoms with E-state index in [1.807, 2.05) is 37.3 Å². The van der Waals surface area contributed by atoms with E-state index in [2.05, 4.69) is 30.2 Å². The minimum Gasteiger partial charge on any atom is -0.492 e. The third-order valence-electron chi connectivity index (χ3n) is 5.26. The van der Waals surface area contributed by atoms with Gasteiger partial charge in [0, 0.05) is 17.6 Å². The molecule has 0 bridgehead atoms. The Bertz CT molecular complexity index is 1000. The first kappa shape index (κ1) is 22.1. The highest BCUT2D eigenvalue weighted by molar-refractivity contribution is 6.29. The minimum atomic E-state index is -0.0833. The van der Waals surface area contributed by atoms with E-state index in [4.69, 9.17) is 16.3 Å². The molecule has 0 saturated carbocycles. The number of benzene rings is 2. The fourth-order valence-electron chi connectivity index (χ4n) is 3.76. The van der Waals surface area contributed by atoms with Gasteiger partial charge in [0.2, 0.25) is 0 Å². The zero-order valence-corrected chi connectivity index (χ0v) is 18.6. The number of hydrogen-bond acceptors (Lipinski definition) is 3. The van der Waals surface area contributed by atoms with Gasteiger partial charge in [0.15, 0.2) is 0 Å². The summed E-state index contributed by atoms with van der Waals surface area (Å²) in [5, 5.41) is 5.69. The first-order valence-corrected chi connectivity index (χ1v) is 11.0. The molecule has 0 spiro atoms. The lowest BCUT2D eigenvalue weighted by molar-refractivity contribution is 0.0930. The van der Waals surface area contributed by atoms with Crippen LogP contribution >= 0.6 is 11.6 Å². The minimum absolute atomic E-state index is 0.0833. The van der Waals surface area contributed by atoms with Crippen LogP contribution in [0.3, 0.4) is 0 Å². The van der Waals surface area contributed by atoms with E-state index in [0.717, 1.165) is 41.2 Å². The molecular formula is C25H29ClN2O2. The van der Waals surface area contributed by atoms with Crippen LogP contribution in [0.15, 0.2) is 48.7 Å². The Morgan fingerprint density at radius 1 is 1.13 bits per heavy atom. The summed E-state index contributed by atoms with van der Waals surface area (Å²) in [5.41, 5.74) is 2.69. The van der Waals surface area contributed by atoms with Crippen LogP contribution in [-0.2, 0) is 6.42 Å². The van der Waals surface area contributed by atoms with E-state index in [0.29, 0.717) is 29.5 Å². The molecule has 1 atom stereocenters. The van der Waals surface area contributed by atoms with Crippen LogP contribution < -0.4 is 10.1 Å². The van der Waals surface area contributed by atoms with Crippen LogP contribution in [-0.4, -0.2) is 23.5 Å². The van der Waals surface area contributed by atoms with Gasteiger partial charge in [-0.3, -0.25) is 4.79 Å². The van der Waals surface area contributed by atoms with Crippen molar-refractivity contribution in [3.8, 4) is 5.75 Å². The first-order chi connectivity index (χ1) is 14.6. The third kappa shape index (κ3) is 5.11. The highest BCUT2D eigenvalue weighted by Crippen LogP contribution is 2.34. The second kappa shape index (κ2) is 10.4. The molecule has 0 saturated heterocycles. The molecule has 0 radical (unpaired) electrons. The Hall–Kier alpha value is -2.59. The molecule has 3 rings (SSSR count). The van der Waals surface area contributed by atoms with Gasteiger partial charge in [0.05, 0.1) is 12.2 Å².